The number of anilines is 1. The van der Waals surface area contributed by atoms with Crippen LogP contribution >= 0.6 is 23.2 Å². The van der Waals surface area contributed by atoms with Crippen LogP contribution < -0.4 is 14.4 Å². The van der Waals surface area contributed by atoms with Gasteiger partial charge in [0.15, 0.2) is 0 Å². The highest BCUT2D eigenvalue weighted by atomic mass is 35.5. The second-order valence-corrected chi connectivity index (χ2v) is 11.2. The monoisotopic (exact) mass is 543 g/mol. The molecule has 8 nitrogen and oxygen atoms in total. The molecular weight excluding hydrogens is 513 g/mol. The summed E-state index contributed by atoms with van der Waals surface area (Å²) in [6.07, 6.45) is 1.00. The molecule has 0 bridgehead atoms. The molecule has 0 saturated carbocycles. The molecule has 0 aliphatic rings. The van der Waals surface area contributed by atoms with E-state index in [0.717, 1.165) is 10.6 Å². The van der Waals surface area contributed by atoms with Crippen molar-refractivity contribution in [2.45, 2.75) is 33.4 Å². The second kappa shape index (κ2) is 12.5. The summed E-state index contributed by atoms with van der Waals surface area (Å²) < 4.78 is 31.6. The van der Waals surface area contributed by atoms with Crippen LogP contribution in [0.2, 0.25) is 10.0 Å². The number of rotatable bonds is 11. The maximum atomic E-state index is 13.6. The minimum atomic E-state index is -3.88. The molecule has 35 heavy (non-hydrogen) atoms. The summed E-state index contributed by atoms with van der Waals surface area (Å²) in [5, 5.41) is 3.47. The molecule has 2 amide bonds. The van der Waals surface area contributed by atoms with E-state index >= 15 is 0 Å². The fraction of sp³-hybridized carbons (Fsp3) is 0.417. The van der Waals surface area contributed by atoms with Crippen LogP contribution in [0.4, 0.5) is 5.69 Å². The van der Waals surface area contributed by atoms with Crippen molar-refractivity contribution < 1.29 is 22.7 Å². The van der Waals surface area contributed by atoms with Crippen LogP contribution in [0.3, 0.4) is 0 Å². The number of para-hydroxylation sites is 2. The van der Waals surface area contributed by atoms with Crippen molar-refractivity contribution >= 4 is 50.7 Å². The van der Waals surface area contributed by atoms with Gasteiger partial charge in [-0.25, -0.2) is 8.42 Å². The number of carbonyl (C=O) groups excluding carboxylic acids is 2. The summed E-state index contributed by atoms with van der Waals surface area (Å²) in [5.41, 5.74) is 0.661. The zero-order valence-corrected chi connectivity index (χ0v) is 22.7. The molecule has 0 aliphatic heterocycles. The standard InChI is InChI=1S/C24H31Cl2N3O5S/c1-16(2)13-27-24(31)17(3)28(14-18-19(25)9-8-10-20(18)26)23(30)15-29(35(5,32)33)21-11-6-7-12-22(21)34-4/h6-12,16-17H,13-15H2,1-5H3,(H,27,31). The van der Waals surface area contributed by atoms with Gasteiger partial charge in [-0.1, -0.05) is 55.2 Å². The van der Waals surface area contributed by atoms with Gasteiger partial charge in [-0.05, 0) is 37.1 Å². The van der Waals surface area contributed by atoms with Crippen molar-refractivity contribution in [3.05, 3.63) is 58.1 Å². The molecule has 2 rings (SSSR count). The van der Waals surface area contributed by atoms with Gasteiger partial charge in [-0.3, -0.25) is 13.9 Å². The molecule has 0 radical (unpaired) electrons. The van der Waals surface area contributed by atoms with Gasteiger partial charge in [0, 0.05) is 28.7 Å². The summed E-state index contributed by atoms with van der Waals surface area (Å²) in [5.74, 6) is -0.489. The van der Waals surface area contributed by atoms with E-state index < -0.39 is 28.5 Å². The minimum Gasteiger partial charge on any atom is -0.495 e. The minimum absolute atomic E-state index is 0.0862. The van der Waals surface area contributed by atoms with E-state index in [1.165, 1.54) is 12.0 Å². The molecule has 1 unspecified atom stereocenters. The Morgan fingerprint density at radius 2 is 1.63 bits per heavy atom. The zero-order valence-electron chi connectivity index (χ0n) is 20.4. The lowest BCUT2D eigenvalue weighted by Gasteiger charge is -2.32. The highest BCUT2D eigenvalue weighted by Crippen LogP contribution is 2.30. The van der Waals surface area contributed by atoms with Crippen LogP contribution in [0.5, 0.6) is 5.75 Å². The van der Waals surface area contributed by atoms with Gasteiger partial charge in [0.25, 0.3) is 0 Å². The smallest absolute Gasteiger partial charge is 0.244 e. The maximum Gasteiger partial charge on any atom is 0.244 e. The zero-order chi connectivity index (χ0) is 26.3. The SMILES string of the molecule is COc1ccccc1N(CC(=O)N(Cc1c(Cl)cccc1Cl)C(C)C(=O)NCC(C)C)S(C)(=O)=O. The third-order valence-corrected chi connectivity index (χ3v) is 7.11. The Hall–Kier alpha value is -2.49. The van der Waals surface area contributed by atoms with Gasteiger partial charge in [-0.2, -0.15) is 0 Å². The first-order valence-electron chi connectivity index (χ1n) is 11.0. The molecule has 0 aliphatic carbocycles. The van der Waals surface area contributed by atoms with Crippen LogP contribution in [-0.2, 0) is 26.2 Å². The summed E-state index contributed by atoms with van der Waals surface area (Å²) in [7, 11) is -2.47. The number of methoxy groups -OCH3 is 1. The third kappa shape index (κ3) is 7.75. The number of sulfonamides is 1. The molecule has 0 fully saturated rings. The number of amides is 2. The molecule has 2 aromatic rings. The lowest BCUT2D eigenvalue weighted by molar-refractivity contribution is -0.139. The van der Waals surface area contributed by atoms with Gasteiger partial charge < -0.3 is 15.0 Å². The maximum absolute atomic E-state index is 13.6. The molecule has 0 heterocycles. The Morgan fingerprint density at radius 3 is 2.17 bits per heavy atom. The molecule has 0 aromatic heterocycles. The average molecular weight is 545 g/mol. The Kier molecular flexibility index (Phi) is 10.2. The van der Waals surface area contributed by atoms with E-state index in [9.17, 15) is 18.0 Å². The van der Waals surface area contributed by atoms with E-state index in [1.807, 2.05) is 13.8 Å². The van der Waals surface area contributed by atoms with Gasteiger partial charge >= 0.3 is 0 Å². The molecule has 0 saturated heterocycles. The molecular formula is C24H31Cl2N3O5S. The number of carbonyl (C=O) groups is 2. The summed E-state index contributed by atoms with van der Waals surface area (Å²) in [4.78, 5) is 27.8. The average Bonchev–Trinajstić information content (AvgIpc) is 2.79. The van der Waals surface area contributed by atoms with Gasteiger partial charge in [0.2, 0.25) is 21.8 Å². The van der Waals surface area contributed by atoms with Crippen LogP contribution in [0.1, 0.15) is 26.3 Å². The van der Waals surface area contributed by atoms with Gasteiger partial charge in [-0.15, -0.1) is 0 Å². The topological polar surface area (TPSA) is 96.0 Å². The van der Waals surface area contributed by atoms with Crippen molar-refractivity contribution in [2.24, 2.45) is 5.92 Å². The molecule has 2 aromatic carbocycles. The Bertz CT molecular complexity index is 1140. The predicted octanol–water partition coefficient (Wildman–Crippen LogP) is 3.96. The number of benzene rings is 2. The first-order valence-corrected chi connectivity index (χ1v) is 13.6. The first-order chi connectivity index (χ1) is 16.4. The van der Waals surface area contributed by atoms with Crippen molar-refractivity contribution in [3.63, 3.8) is 0 Å². The number of hydrogen-bond donors (Lipinski definition) is 1. The summed E-state index contributed by atoms with van der Waals surface area (Å²) >= 11 is 12.7. The molecule has 0 spiro atoms. The Morgan fingerprint density at radius 1 is 1.03 bits per heavy atom. The first kappa shape index (κ1) is 28.7. The number of hydrogen-bond acceptors (Lipinski definition) is 5. The predicted molar refractivity (Wildman–Crippen MR) is 140 cm³/mol. The van der Waals surface area contributed by atoms with E-state index in [-0.39, 0.29) is 29.8 Å². The summed E-state index contributed by atoms with van der Waals surface area (Å²) in [6, 6.07) is 10.5. The van der Waals surface area contributed by atoms with Gasteiger partial charge in [0.05, 0.1) is 19.1 Å². The van der Waals surface area contributed by atoms with Crippen LogP contribution in [0, 0.1) is 5.92 Å². The molecule has 1 atom stereocenters. The molecule has 192 valence electrons. The number of ether oxygens (including phenoxy) is 1. The number of nitrogens with one attached hydrogen (secondary N) is 1. The van der Waals surface area contributed by atoms with Crippen molar-refractivity contribution in [3.8, 4) is 5.75 Å². The van der Waals surface area contributed by atoms with E-state index in [1.54, 1.807) is 49.4 Å². The highest BCUT2D eigenvalue weighted by Gasteiger charge is 2.31. The van der Waals surface area contributed by atoms with Crippen LogP contribution in [-0.4, -0.2) is 57.6 Å². The van der Waals surface area contributed by atoms with Crippen molar-refractivity contribution in [1.29, 1.82) is 0 Å². The Labute approximate surface area is 217 Å². The van der Waals surface area contributed by atoms with Crippen LogP contribution in [0.15, 0.2) is 42.5 Å². The lowest BCUT2D eigenvalue weighted by atomic mass is 10.1. The van der Waals surface area contributed by atoms with E-state index in [2.05, 4.69) is 5.32 Å². The lowest BCUT2D eigenvalue weighted by Crippen LogP contribution is -2.51. The largest absolute Gasteiger partial charge is 0.495 e. The van der Waals surface area contributed by atoms with Crippen molar-refractivity contribution in [1.82, 2.24) is 10.2 Å². The quantitative estimate of drug-likeness (QED) is 0.462. The molecule has 1 N–H and O–H groups in total. The highest BCUT2D eigenvalue weighted by molar-refractivity contribution is 7.92. The summed E-state index contributed by atoms with van der Waals surface area (Å²) in [6.45, 7) is 5.27. The van der Waals surface area contributed by atoms with Gasteiger partial charge in [0.1, 0.15) is 18.3 Å². The number of nitrogens with zero attached hydrogens (tertiary/aromatic N) is 2. The molecule has 11 heteroatoms. The van der Waals surface area contributed by atoms with E-state index in [4.69, 9.17) is 27.9 Å². The number of halogens is 2. The third-order valence-electron chi connectivity index (χ3n) is 5.28. The fourth-order valence-corrected chi connectivity index (χ4v) is 4.69. The normalized spacial score (nSPS) is 12.2. The van der Waals surface area contributed by atoms with Crippen LogP contribution in [0.25, 0.3) is 0 Å². The Balaban J connectivity index is 2.46. The van der Waals surface area contributed by atoms with Crippen molar-refractivity contribution in [2.75, 3.05) is 30.8 Å². The van der Waals surface area contributed by atoms with E-state index in [0.29, 0.717) is 22.2 Å². The second-order valence-electron chi connectivity index (χ2n) is 8.48. The fourth-order valence-electron chi connectivity index (χ4n) is 3.32.